The molecule has 0 radical (unpaired) electrons. The van der Waals surface area contributed by atoms with Crippen LogP contribution in [0.1, 0.15) is 24.9 Å². The summed E-state index contributed by atoms with van der Waals surface area (Å²) in [5.74, 6) is 1.52. The number of rotatable bonds is 6. The molecular weight excluding hydrogens is 278 g/mol. The number of nitrogens with zero attached hydrogens (tertiary/aromatic N) is 2. The lowest BCUT2D eigenvalue weighted by Gasteiger charge is -2.42. The van der Waals surface area contributed by atoms with Crippen molar-refractivity contribution < 1.29 is 9.47 Å². The summed E-state index contributed by atoms with van der Waals surface area (Å²) in [7, 11) is 5.53. The molecule has 1 aliphatic rings. The molecule has 0 saturated carbocycles. The van der Waals surface area contributed by atoms with E-state index < -0.39 is 0 Å². The van der Waals surface area contributed by atoms with Crippen molar-refractivity contribution in [2.75, 3.05) is 47.4 Å². The molecule has 5 heteroatoms. The summed E-state index contributed by atoms with van der Waals surface area (Å²) < 4.78 is 10.7. The van der Waals surface area contributed by atoms with Crippen LogP contribution in [-0.2, 0) is 0 Å². The number of nitrogens with two attached hydrogens (primary N) is 1. The largest absolute Gasteiger partial charge is 0.493 e. The van der Waals surface area contributed by atoms with E-state index in [9.17, 15) is 0 Å². The minimum Gasteiger partial charge on any atom is -0.493 e. The normalized spacial score (nSPS) is 21.6. The molecule has 2 unspecified atom stereocenters. The van der Waals surface area contributed by atoms with Crippen molar-refractivity contribution in [1.29, 1.82) is 0 Å². The molecule has 2 N–H and O–H groups in total. The van der Waals surface area contributed by atoms with Gasteiger partial charge < -0.3 is 20.1 Å². The molecule has 22 heavy (non-hydrogen) atoms. The predicted octanol–water partition coefficient (Wildman–Crippen LogP) is 1.73. The maximum Gasteiger partial charge on any atom is 0.161 e. The molecule has 0 bridgehead atoms. The number of hydrogen-bond acceptors (Lipinski definition) is 5. The summed E-state index contributed by atoms with van der Waals surface area (Å²) >= 11 is 0. The SMILES string of the molecule is CCC1CN(C(CN)c2ccc(OC)c(OC)c2)CCN1C. The van der Waals surface area contributed by atoms with Crippen molar-refractivity contribution in [2.45, 2.75) is 25.4 Å². The molecule has 2 atom stereocenters. The van der Waals surface area contributed by atoms with Crippen LogP contribution in [0.2, 0.25) is 0 Å². The van der Waals surface area contributed by atoms with Crippen molar-refractivity contribution >= 4 is 0 Å². The number of hydrogen-bond donors (Lipinski definition) is 1. The number of benzene rings is 1. The first kappa shape index (κ1) is 17.1. The van der Waals surface area contributed by atoms with Gasteiger partial charge in [-0.3, -0.25) is 4.90 Å². The Morgan fingerprint density at radius 3 is 2.55 bits per heavy atom. The van der Waals surface area contributed by atoms with Gasteiger partial charge in [0.2, 0.25) is 0 Å². The second-order valence-electron chi connectivity index (χ2n) is 5.90. The van der Waals surface area contributed by atoms with Crippen LogP contribution in [0.5, 0.6) is 11.5 Å². The molecular formula is C17H29N3O2. The maximum atomic E-state index is 6.09. The lowest BCUT2D eigenvalue weighted by Crippen LogP contribution is -2.53. The van der Waals surface area contributed by atoms with Gasteiger partial charge in [0.05, 0.1) is 14.2 Å². The highest BCUT2D eigenvalue weighted by Crippen LogP contribution is 2.32. The Hall–Kier alpha value is -1.30. The molecule has 0 aromatic heterocycles. The number of ether oxygens (including phenoxy) is 2. The minimum atomic E-state index is 0.225. The van der Waals surface area contributed by atoms with Crippen molar-refractivity contribution in [1.82, 2.24) is 9.80 Å². The van der Waals surface area contributed by atoms with Crippen molar-refractivity contribution in [3.63, 3.8) is 0 Å². The van der Waals surface area contributed by atoms with Crippen LogP contribution < -0.4 is 15.2 Å². The molecule has 0 aliphatic carbocycles. The summed E-state index contributed by atoms with van der Waals surface area (Å²) in [5, 5.41) is 0. The summed E-state index contributed by atoms with van der Waals surface area (Å²) in [6.45, 7) is 6.04. The molecule has 2 rings (SSSR count). The van der Waals surface area contributed by atoms with E-state index in [-0.39, 0.29) is 6.04 Å². The minimum absolute atomic E-state index is 0.225. The van der Waals surface area contributed by atoms with Gasteiger partial charge in [-0.1, -0.05) is 13.0 Å². The first-order chi connectivity index (χ1) is 10.6. The van der Waals surface area contributed by atoms with Crippen LogP contribution in [0.4, 0.5) is 0 Å². The summed E-state index contributed by atoms with van der Waals surface area (Å²) in [6.07, 6.45) is 1.16. The topological polar surface area (TPSA) is 51.0 Å². The molecule has 1 saturated heterocycles. The lowest BCUT2D eigenvalue weighted by atomic mass is 10.0. The van der Waals surface area contributed by atoms with Gasteiger partial charge in [-0.25, -0.2) is 0 Å². The van der Waals surface area contributed by atoms with E-state index in [2.05, 4.69) is 35.9 Å². The molecule has 1 aromatic rings. The Kier molecular flexibility index (Phi) is 6.06. The van der Waals surface area contributed by atoms with Crippen molar-refractivity contribution in [2.24, 2.45) is 5.73 Å². The fourth-order valence-electron chi connectivity index (χ4n) is 3.25. The van der Waals surface area contributed by atoms with Crippen LogP contribution in [-0.4, -0.2) is 63.3 Å². The first-order valence-corrected chi connectivity index (χ1v) is 8.00. The summed E-state index contributed by atoms with van der Waals surface area (Å²) in [6, 6.07) is 6.93. The van der Waals surface area contributed by atoms with E-state index >= 15 is 0 Å². The van der Waals surface area contributed by atoms with E-state index in [0.717, 1.165) is 37.6 Å². The maximum absolute atomic E-state index is 6.09. The van der Waals surface area contributed by atoms with Gasteiger partial charge in [0, 0.05) is 38.3 Å². The zero-order valence-electron chi connectivity index (χ0n) is 14.2. The Labute approximate surface area is 134 Å². The van der Waals surface area contributed by atoms with Gasteiger partial charge in [-0.15, -0.1) is 0 Å². The first-order valence-electron chi connectivity index (χ1n) is 8.00. The van der Waals surface area contributed by atoms with E-state index in [1.165, 1.54) is 5.56 Å². The highest BCUT2D eigenvalue weighted by Gasteiger charge is 2.28. The van der Waals surface area contributed by atoms with Gasteiger partial charge >= 0.3 is 0 Å². The zero-order valence-corrected chi connectivity index (χ0v) is 14.2. The third kappa shape index (κ3) is 3.54. The van der Waals surface area contributed by atoms with Crippen LogP contribution in [0, 0.1) is 0 Å². The molecule has 0 spiro atoms. The zero-order chi connectivity index (χ0) is 16.1. The highest BCUT2D eigenvalue weighted by atomic mass is 16.5. The second-order valence-corrected chi connectivity index (χ2v) is 5.90. The standard InChI is InChI=1S/C17H29N3O2/c1-5-14-12-20(9-8-19(14)2)15(11-18)13-6-7-16(21-3)17(10-13)22-4/h6-7,10,14-15H,5,8-9,11-12,18H2,1-4H3. The Bertz CT molecular complexity index is 481. The van der Waals surface area contributed by atoms with Crippen LogP contribution >= 0.6 is 0 Å². The second kappa shape index (κ2) is 7.81. The van der Waals surface area contributed by atoms with E-state index in [1.807, 2.05) is 6.07 Å². The average Bonchev–Trinajstić information content (AvgIpc) is 2.56. The van der Waals surface area contributed by atoms with Gasteiger partial charge in [-0.2, -0.15) is 0 Å². The molecule has 1 heterocycles. The Morgan fingerprint density at radius 2 is 1.95 bits per heavy atom. The fourth-order valence-corrected chi connectivity index (χ4v) is 3.25. The van der Waals surface area contributed by atoms with Crippen LogP contribution in [0.25, 0.3) is 0 Å². The van der Waals surface area contributed by atoms with Crippen LogP contribution in [0.3, 0.4) is 0 Å². The molecule has 1 fully saturated rings. The van der Waals surface area contributed by atoms with Gasteiger partial charge in [-0.05, 0) is 31.2 Å². The predicted molar refractivity (Wildman–Crippen MR) is 89.6 cm³/mol. The third-order valence-corrected chi connectivity index (χ3v) is 4.74. The monoisotopic (exact) mass is 307 g/mol. The molecule has 0 amide bonds. The average molecular weight is 307 g/mol. The number of likely N-dealkylation sites (N-methyl/N-ethyl adjacent to an activating group) is 1. The lowest BCUT2D eigenvalue weighted by molar-refractivity contribution is 0.0643. The molecule has 5 nitrogen and oxygen atoms in total. The Morgan fingerprint density at radius 1 is 1.23 bits per heavy atom. The quantitative estimate of drug-likeness (QED) is 0.867. The summed E-state index contributed by atoms with van der Waals surface area (Å²) in [5.41, 5.74) is 7.29. The van der Waals surface area contributed by atoms with E-state index in [0.29, 0.717) is 12.6 Å². The third-order valence-electron chi connectivity index (χ3n) is 4.74. The smallest absolute Gasteiger partial charge is 0.161 e. The number of piperazine rings is 1. The number of methoxy groups -OCH3 is 2. The molecule has 1 aromatic carbocycles. The van der Waals surface area contributed by atoms with Crippen molar-refractivity contribution in [3.05, 3.63) is 23.8 Å². The molecule has 1 aliphatic heterocycles. The fraction of sp³-hybridized carbons (Fsp3) is 0.647. The van der Waals surface area contributed by atoms with Crippen molar-refractivity contribution in [3.8, 4) is 11.5 Å². The highest BCUT2D eigenvalue weighted by molar-refractivity contribution is 5.44. The van der Waals surface area contributed by atoms with Gasteiger partial charge in [0.25, 0.3) is 0 Å². The van der Waals surface area contributed by atoms with Gasteiger partial charge in [0.1, 0.15) is 0 Å². The summed E-state index contributed by atoms with van der Waals surface area (Å²) in [4.78, 5) is 4.94. The van der Waals surface area contributed by atoms with Crippen LogP contribution in [0.15, 0.2) is 18.2 Å². The Balaban J connectivity index is 2.21. The van der Waals surface area contributed by atoms with E-state index in [1.54, 1.807) is 14.2 Å². The molecule has 124 valence electrons. The van der Waals surface area contributed by atoms with Gasteiger partial charge in [0.15, 0.2) is 11.5 Å². The van der Waals surface area contributed by atoms with E-state index in [4.69, 9.17) is 15.2 Å².